The number of nitrogens with one attached hydrogen (secondary N) is 3. The van der Waals surface area contributed by atoms with E-state index in [1.165, 1.54) is 0 Å². The Hall–Kier alpha value is -1.59. The molecule has 0 aliphatic carbocycles. The third-order valence-electron chi connectivity index (χ3n) is 4.16. The van der Waals surface area contributed by atoms with Crippen LogP contribution in [0.4, 0.5) is 0 Å². The summed E-state index contributed by atoms with van der Waals surface area (Å²) in [6, 6.07) is 9.42. The van der Waals surface area contributed by atoms with Crippen molar-refractivity contribution >= 4 is 24.2 Å². The topological polar surface area (TPSA) is 70.2 Å². The van der Waals surface area contributed by atoms with Gasteiger partial charge in [-0.25, -0.2) is 0 Å². The molecule has 0 bridgehead atoms. The summed E-state index contributed by atoms with van der Waals surface area (Å²) in [5, 5.41) is 9.18. The molecule has 1 aromatic rings. The predicted molar refractivity (Wildman–Crippen MR) is 98.2 cm³/mol. The van der Waals surface area contributed by atoms with Gasteiger partial charge in [0.2, 0.25) is 11.8 Å². The van der Waals surface area contributed by atoms with Crippen LogP contribution in [0.2, 0.25) is 0 Å². The lowest BCUT2D eigenvalue weighted by Gasteiger charge is -2.23. The van der Waals surface area contributed by atoms with Crippen molar-refractivity contribution in [1.82, 2.24) is 16.0 Å². The molecule has 6 heteroatoms. The third-order valence-corrected chi connectivity index (χ3v) is 4.16. The molecule has 5 nitrogen and oxygen atoms in total. The van der Waals surface area contributed by atoms with Gasteiger partial charge in [-0.15, -0.1) is 12.4 Å². The fourth-order valence-electron chi connectivity index (χ4n) is 2.81. The van der Waals surface area contributed by atoms with Gasteiger partial charge in [0, 0.05) is 12.6 Å². The zero-order valence-corrected chi connectivity index (χ0v) is 15.2. The van der Waals surface area contributed by atoms with Crippen LogP contribution in [0.5, 0.6) is 0 Å². The highest BCUT2D eigenvalue weighted by molar-refractivity contribution is 5.88. The Balaban J connectivity index is 0.00000288. The van der Waals surface area contributed by atoms with Crippen molar-refractivity contribution in [2.45, 2.75) is 45.2 Å². The Bertz CT molecular complexity index is 516. The molecular formula is C18H28ClN3O2. The summed E-state index contributed by atoms with van der Waals surface area (Å²) in [6.07, 6.45) is 2.54. The minimum absolute atomic E-state index is 0. The lowest BCUT2D eigenvalue weighted by atomic mass is 10.0. The number of carbonyl (C=O) groups is 2. The number of halogens is 1. The van der Waals surface area contributed by atoms with Gasteiger partial charge >= 0.3 is 0 Å². The van der Waals surface area contributed by atoms with Crippen molar-refractivity contribution in [2.24, 2.45) is 5.92 Å². The smallest absolute Gasteiger partial charge is 0.242 e. The first-order chi connectivity index (χ1) is 11.1. The Labute approximate surface area is 150 Å². The molecule has 1 aliphatic heterocycles. The first kappa shape index (κ1) is 20.5. The Kier molecular flexibility index (Phi) is 8.79. The van der Waals surface area contributed by atoms with Crippen molar-refractivity contribution < 1.29 is 9.59 Å². The SMILES string of the molecule is CC(C)C(NC(=O)Cc1ccccc1)C(=O)NCC1CCCN1.Cl. The van der Waals surface area contributed by atoms with E-state index in [0.29, 0.717) is 19.0 Å². The quantitative estimate of drug-likeness (QED) is 0.698. The Morgan fingerprint density at radius 3 is 2.54 bits per heavy atom. The average molecular weight is 354 g/mol. The molecule has 0 saturated carbocycles. The summed E-state index contributed by atoms with van der Waals surface area (Å²) in [6.45, 7) is 5.53. The lowest BCUT2D eigenvalue weighted by Crippen LogP contribution is -2.51. The highest BCUT2D eigenvalue weighted by Gasteiger charge is 2.25. The number of hydrogen-bond donors (Lipinski definition) is 3. The molecule has 2 unspecified atom stereocenters. The number of carbonyl (C=O) groups excluding carboxylic acids is 2. The van der Waals surface area contributed by atoms with Crippen molar-refractivity contribution in [1.29, 1.82) is 0 Å². The van der Waals surface area contributed by atoms with Crippen LogP contribution in [-0.2, 0) is 16.0 Å². The monoisotopic (exact) mass is 353 g/mol. The third kappa shape index (κ3) is 6.49. The molecule has 1 aliphatic rings. The second-order valence-electron chi connectivity index (χ2n) is 6.49. The summed E-state index contributed by atoms with van der Waals surface area (Å²) in [5.41, 5.74) is 0.947. The molecule has 2 rings (SSSR count). The molecule has 1 heterocycles. The fourth-order valence-corrected chi connectivity index (χ4v) is 2.81. The number of amides is 2. The summed E-state index contributed by atoms with van der Waals surface area (Å²) in [5.74, 6) is -0.176. The van der Waals surface area contributed by atoms with Gasteiger partial charge in [0.1, 0.15) is 6.04 Å². The maximum Gasteiger partial charge on any atom is 0.242 e. The van der Waals surface area contributed by atoms with Crippen molar-refractivity contribution in [3.05, 3.63) is 35.9 Å². The zero-order chi connectivity index (χ0) is 16.7. The molecule has 3 N–H and O–H groups in total. The van der Waals surface area contributed by atoms with Gasteiger partial charge in [0.15, 0.2) is 0 Å². The molecule has 1 fully saturated rings. The Morgan fingerprint density at radius 1 is 1.25 bits per heavy atom. The van der Waals surface area contributed by atoms with Crippen LogP contribution in [-0.4, -0.2) is 37.0 Å². The second-order valence-corrected chi connectivity index (χ2v) is 6.49. The van der Waals surface area contributed by atoms with Crippen LogP contribution in [0, 0.1) is 5.92 Å². The number of rotatable bonds is 7. The van der Waals surface area contributed by atoms with Gasteiger partial charge in [-0.05, 0) is 30.9 Å². The number of hydrogen-bond acceptors (Lipinski definition) is 3. The first-order valence-corrected chi connectivity index (χ1v) is 8.40. The number of benzene rings is 1. The van der Waals surface area contributed by atoms with E-state index in [1.807, 2.05) is 44.2 Å². The van der Waals surface area contributed by atoms with Crippen LogP contribution >= 0.6 is 12.4 Å². The normalized spacial score (nSPS) is 17.9. The highest BCUT2D eigenvalue weighted by Crippen LogP contribution is 2.06. The molecule has 2 amide bonds. The van der Waals surface area contributed by atoms with Crippen LogP contribution < -0.4 is 16.0 Å². The predicted octanol–water partition coefficient (Wildman–Crippen LogP) is 1.66. The summed E-state index contributed by atoms with van der Waals surface area (Å²) in [7, 11) is 0. The van der Waals surface area contributed by atoms with Gasteiger partial charge < -0.3 is 16.0 Å². The lowest BCUT2D eigenvalue weighted by molar-refractivity contribution is -0.129. The standard InChI is InChI=1S/C18H27N3O2.ClH/c1-13(2)17(18(23)20-12-15-9-6-10-19-15)21-16(22)11-14-7-4-3-5-8-14;/h3-5,7-8,13,15,17,19H,6,9-12H2,1-2H3,(H,20,23)(H,21,22);1H. The van der Waals surface area contributed by atoms with Gasteiger partial charge in [-0.2, -0.15) is 0 Å². The van der Waals surface area contributed by atoms with E-state index in [9.17, 15) is 9.59 Å². The van der Waals surface area contributed by atoms with E-state index in [2.05, 4.69) is 16.0 Å². The molecular weight excluding hydrogens is 326 g/mol. The van der Waals surface area contributed by atoms with E-state index in [-0.39, 0.29) is 30.1 Å². The van der Waals surface area contributed by atoms with E-state index in [0.717, 1.165) is 24.9 Å². The summed E-state index contributed by atoms with van der Waals surface area (Å²) >= 11 is 0. The largest absolute Gasteiger partial charge is 0.353 e. The van der Waals surface area contributed by atoms with E-state index in [4.69, 9.17) is 0 Å². The van der Waals surface area contributed by atoms with Crippen LogP contribution in [0.25, 0.3) is 0 Å². The molecule has 134 valence electrons. The van der Waals surface area contributed by atoms with Crippen molar-refractivity contribution in [3.63, 3.8) is 0 Å². The van der Waals surface area contributed by atoms with Gasteiger partial charge in [0.05, 0.1) is 6.42 Å². The van der Waals surface area contributed by atoms with E-state index in [1.54, 1.807) is 0 Å². The first-order valence-electron chi connectivity index (χ1n) is 8.40. The minimum Gasteiger partial charge on any atom is -0.353 e. The van der Waals surface area contributed by atoms with E-state index >= 15 is 0 Å². The maximum atomic E-state index is 12.4. The van der Waals surface area contributed by atoms with Gasteiger partial charge in [0.25, 0.3) is 0 Å². The molecule has 0 radical (unpaired) electrons. The molecule has 24 heavy (non-hydrogen) atoms. The van der Waals surface area contributed by atoms with Crippen LogP contribution in [0.15, 0.2) is 30.3 Å². The summed E-state index contributed by atoms with van der Waals surface area (Å²) in [4.78, 5) is 24.6. The fraction of sp³-hybridized carbons (Fsp3) is 0.556. The second kappa shape index (κ2) is 10.3. The minimum atomic E-state index is -0.493. The molecule has 2 atom stereocenters. The molecule has 1 saturated heterocycles. The highest BCUT2D eigenvalue weighted by atomic mass is 35.5. The van der Waals surface area contributed by atoms with Crippen LogP contribution in [0.1, 0.15) is 32.3 Å². The van der Waals surface area contributed by atoms with Gasteiger partial charge in [-0.1, -0.05) is 44.2 Å². The zero-order valence-electron chi connectivity index (χ0n) is 14.4. The van der Waals surface area contributed by atoms with Crippen molar-refractivity contribution in [2.75, 3.05) is 13.1 Å². The molecule has 1 aromatic carbocycles. The molecule has 0 aromatic heterocycles. The van der Waals surface area contributed by atoms with Crippen LogP contribution in [0.3, 0.4) is 0 Å². The van der Waals surface area contributed by atoms with E-state index < -0.39 is 6.04 Å². The van der Waals surface area contributed by atoms with Crippen molar-refractivity contribution in [3.8, 4) is 0 Å². The summed E-state index contributed by atoms with van der Waals surface area (Å²) < 4.78 is 0. The van der Waals surface area contributed by atoms with Gasteiger partial charge in [-0.3, -0.25) is 9.59 Å². The molecule has 0 spiro atoms. The maximum absolute atomic E-state index is 12.4. The average Bonchev–Trinajstić information content (AvgIpc) is 3.04. The Morgan fingerprint density at radius 2 is 1.96 bits per heavy atom.